The summed E-state index contributed by atoms with van der Waals surface area (Å²) >= 11 is 3.31. The van der Waals surface area contributed by atoms with Crippen molar-refractivity contribution in [3.63, 3.8) is 0 Å². The van der Waals surface area contributed by atoms with Gasteiger partial charge in [0.2, 0.25) is 5.91 Å². The predicted octanol–water partition coefficient (Wildman–Crippen LogP) is 2.72. The maximum Gasteiger partial charge on any atom is 0.251 e. The van der Waals surface area contributed by atoms with Gasteiger partial charge in [-0.1, -0.05) is 22.0 Å². The molecule has 0 aliphatic rings. The first kappa shape index (κ1) is 19.8. The average molecular weight is 421 g/mol. The molecule has 0 unspecified atom stereocenters. The summed E-state index contributed by atoms with van der Waals surface area (Å²) in [5, 5.41) is 2.62. The van der Waals surface area contributed by atoms with Gasteiger partial charge in [0.05, 0.1) is 20.2 Å². The maximum atomic E-state index is 12.1. The molecular weight excluding hydrogens is 400 g/mol. The normalized spacial score (nSPS) is 10.1. The number of likely N-dealkylation sites (N-methyl/N-ethyl adjacent to an activating group) is 1. The van der Waals surface area contributed by atoms with E-state index in [1.807, 2.05) is 18.2 Å². The van der Waals surface area contributed by atoms with Gasteiger partial charge in [-0.25, -0.2) is 0 Å². The largest absolute Gasteiger partial charge is 0.497 e. The first-order chi connectivity index (χ1) is 12.5. The summed E-state index contributed by atoms with van der Waals surface area (Å²) in [7, 11) is 3.27. The molecule has 2 aromatic carbocycles. The standard InChI is InChI=1S/C19H21BrN2O4/c1-22(10-11-26-17-8-6-16(25-2)7-9-17)18(23)13-21-19(24)14-4-3-5-15(20)12-14/h3-9,12H,10-11,13H2,1-2H3,(H,21,24). The summed E-state index contributed by atoms with van der Waals surface area (Å²) < 4.78 is 11.5. The van der Waals surface area contributed by atoms with Crippen molar-refractivity contribution < 1.29 is 19.1 Å². The van der Waals surface area contributed by atoms with Gasteiger partial charge in [0.25, 0.3) is 5.91 Å². The van der Waals surface area contributed by atoms with Crippen LogP contribution in [0.15, 0.2) is 53.0 Å². The van der Waals surface area contributed by atoms with Crippen molar-refractivity contribution in [1.82, 2.24) is 10.2 Å². The van der Waals surface area contributed by atoms with Crippen LogP contribution in [0.25, 0.3) is 0 Å². The third-order valence-corrected chi connectivity index (χ3v) is 4.16. The quantitative estimate of drug-likeness (QED) is 0.712. The molecule has 0 radical (unpaired) electrons. The molecule has 0 aliphatic heterocycles. The lowest BCUT2D eigenvalue weighted by atomic mass is 10.2. The smallest absolute Gasteiger partial charge is 0.251 e. The Bertz CT molecular complexity index is 749. The molecule has 0 aromatic heterocycles. The molecule has 1 N–H and O–H groups in total. The Morgan fingerprint density at radius 3 is 2.46 bits per heavy atom. The van der Waals surface area contributed by atoms with Gasteiger partial charge >= 0.3 is 0 Å². The zero-order valence-corrected chi connectivity index (χ0v) is 16.3. The van der Waals surface area contributed by atoms with Crippen LogP contribution in [0.2, 0.25) is 0 Å². The second kappa shape index (κ2) is 9.82. The Balaban J connectivity index is 1.72. The molecule has 0 fully saturated rings. The number of carbonyl (C=O) groups is 2. The number of rotatable bonds is 8. The third-order valence-electron chi connectivity index (χ3n) is 3.67. The molecule has 0 saturated heterocycles. The number of carbonyl (C=O) groups excluding carboxylic acids is 2. The number of halogens is 1. The van der Waals surface area contributed by atoms with Crippen LogP contribution < -0.4 is 14.8 Å². The number of nitrogens with one attached hydrogen (secondary N) is 1. The minimum absolute atomic E-state index is 0.0651. The SMILES string of the molecule is COc1ccc(OCCN(C)C(=O)CNC(=O)c2cccc(Br)c2)cc1. The zero-order chi connectivity index (χ0) is 18.9. The van der Waals surface area contributed by atoms with E-state index in [2.05, 4.69) is 21.2 Å². The van der Waals surface area contributed by atoms with Crippen molar-refractivity contribution in [2.24, 2.45) is 0 Å². The van der Waals surface area contributed by atoms with Gasteiger partial charge < -0.3 is 19.7 Å². The molecule has 0 atom stereocenters. The lowest BCUT2D eigenvalue weighted by Crippen LogP contribution is -2.39. The number of hydrogen-bond acceptors (Lipinski definition) is 4. The molecule has 26 heavy (non-hydrogen) atoms. The highest BCUT2D eigenvalue weighted by molar-refractivity contribution is 9.10. The number of hydrogen-bond donors (Lipinski definition) is 1. The van der Waals surface area contributed by atoms with E-state index in [4.69, 9.17) is 9.47 Å². The molecule has 0 saturated carbocycles. The molecular formula is C19H21BrN2O4. The molecule has 0 bridgehead atoms. The summed E-state index contributed by atoms with van der Waals surface area (Å²) in [6.07, 6.45) is 0. The third kappa shape index (κ3) is 6.07. The molecule has 0 aliphatic carbocycles. The lowest BCUT2D eigenvalue weighted by Gasteiger charge is -2.18. The molecule has 0 spiro atoms. The number of nitrogens with zero attached hydrogens (tertiary/aromatic N) is 1. The van der Waals surface area contributed by atoms with Crippen molar-refractivity contribution in [2.75, 3.05) is 33.9 Å². The highest BCUT2D eigenvalue weighted by Crippen LogP contribution is 2.16. The maximum absolute atomic E-state index is 12.1. The van der Waals surface area contributed by atoms with Gasteiger partial charge in [-0.2, -0.15) is 0 Å². The highest BCUT2D eigenvalue weighted by Gasteiger charge is 2.12. The van der Waals surface area contributed by atoms with Crippen molar-refractivity contribution in [3.05, 3.63) is 58.6 Å². The number of methoxy groups -OCH3 is 1. The van der Waals surface area contributed by atoms with E-state index in [1.54, 1.807) is 44.5 Å². The van der Waals surface area contributed by atoms with Crippen LogP contribution in [0, 0.1) is 0 Å². The van der Waals surface area contributed by atoms with Crippen molar-refractivity contribution in [2.45, 2.75) is 0 Å². The average Bonchev–Trinajstić information content (AvgIpc) is 2.66. The van der Waals surface area contributed by atoms with Crippen molar-refractivity contribution in [1.29, 1.82) is 0 Å². The summed E-state index contributed by atoms with van der Waals surface area (Å²) in [5.41, 5.74) is 0.498. The van der Waals surface area contributed by atoms with E-state index in [0.29, 0.717) is 24.5 Å². The van der Waals surface area contributed by atoms with Gasteiger partial charge in [-0.3, -0.25) is 9.59 Å². The fraction of sp³-hybridized carbons (Fsp3) is 0.263. The number of benzene rings is 2. The van der Waals surface area contributed by atoms with Crippen molar-refractivity contribution >= 4 is 27.7 Å². The Labute approximate surface area is 161 Å². The van der Waals surface area contributed by atoms with Crippen LogP contribution in [0.1, 0.15) is 10.4 Å². The summed E-state index contributed by atoms with van der Waals surface area (Å²) in [6, 6.07) is 14.2. The van der Waals surface area contributed by atoms with E-state index in [1.165, 1.54) is 4.90 Å². The molecule has 138 valence electrons. The van der Waals surface area contributed by atoms with Gasteiger partial charge in [0, 0.05) is 17.1 Å². The second-order valence-corrected chi connectivity index (χ2v) is 6.45. The first-order valence-corrected chi connectivity index (χ1v) is 8.83. The molecule has 7 heteroatoms. The Morgan fingerprint density at radius 1 is 1.12 bits per heavy atom. The highest BCUT2D eigenvalue weighted by atomic mass is 79.9. The summed E-state index contributed by atoms with van der Waals surface area (Å²) in [4.78, 5) is 25.7. The van der Waals surface area contributed by atoms with Crippen molar-refractivity contribution in [3.8, 4) is 11.5 Å². The Morgan fingerprint density at radius 2 is 1.81 bits per heavy atom. The first-order valence-electron chi connectivity index (χ1n) is 8.04. The minimum atomic E-state index is -0.289. The fourth-order valence-corrected chi connectivity index (χ4v) is 2.52. The van der Waals surface area contributed by atoms with E-state index >= 15 is 0 Å². The van der Waals surface area contributed by atoms with E-state index < -0.39 is 0 Å². The molecule has 2 aromatic rings. The van der Waals surface area contributed by atoms with Crippen LogP contribution in [-0.2, 0) is 4.79 Å². The van der Waals surface area contributed by atoms with Crippen LogP contribution >= 0.6 is 15.9 Å². The molecule has 6 nitrogen and oxygen atoms in total. The van der Waals surface area contributed by atoms with Gasteiger partial charge in [0.15, 0.2) is 0 Å². The molecule has 2 amide bonds. The monoisotopic (exact) mass is 420 g/mol. The van der Waals surface area contributed by atoms with Gasteiger partial charge in [0.1, 0.15) is 18.1 Å². The zero-order valence-electron chi connectivity index (χ0n) is 14.7. The van der Waals surface area contributed by atoms with E-state index in [9.17, 15) is 9.59 Å². The van der Waals surface area contributed by atoms with Crippen LogP contribution in [-0.4, -0.2) is 50.6 Å². The predicted molar refractivity (Wildman–Crippen MR) is 103 cm³/mol. The lowest BCUT2D eigenvalue weighted by molar-refractivity contribution is -0.129. The minimum Gasteiger partial charge on any atom is -0.497 e. The Kier molecular flexibility index (Phi) is 7.47. The second-order valence-electron chi connectivity index (χ2n) is 5.53. The molecule has 0 heterocycles. The van der Waals surface area contributed by atoms with Crippen LogP contribution in [0.5, 0.6) is 11.5 Å². The topological polar surface area (TPSA) is 67.9 Å². The van der Waals surface area contributed by atoms with E-state index in [-0.39, 0.29) is 18.4 Å². The summed E-state index contributed by atoms with van der Waals surface area (Å²) in [6.45, 7) is 0.705. The molecule has 2 rings (SSSR count). The van der Waals surface area contributed by atoms with Gasteiger partial charge in [-0.15, -0.1) is 0 Å². The van der Waals surface area contributed by atoms with Crippen LogP contribution in [0.3, 0.4) is 0 Å². The number of amides is 2. The summed E-state index contributed by atoms with van der Waals surface area (Å²) in [5.74, 6) is 0.981. The Hall–Kier alpha value is -2.54. The fourth-order valence-electron chi connectivity index (χ4n) is 2.12. The van der Waals surface area contributed by atoms with Crippen LogP contribution in [0.4, 0.5) is 0 Å². The number of ether oxygens (including phenoxy) is 2. The van der Waals surface area contributed by atoms with E-state index in [0.717, 1.165) is 10.2 Å². The van der Waals surface area contributed by atoms with Gasteiger partial charge in [-0.05, 0) is 42.5 Å².